The second-order valence-corrected chi connectivity index (χ2v) is 31.4. The number of rotatable bonds is 27. The molecule has 0 aliphatic carbocycles. The van der Waals surface area contributed by atoms with E-state index >= 15 is 8.78 Å². The Morgan fingerprint density at radius 1 is 0.800 bits per heavy atom. The number of alkyl halides is 2. The summed E-state index contributed by atoms with van der Waals surface area (Å²) in [5.41, 5.74) is 5.36. The minimum atomic E-state index is -5.63. The predicted molar refractivity (Wildman–Crippen MR) is 368 cm³/mol. The van der Waals surface area contributed by atoms with E-state index in [1.807, 2.05) is 49.4 Å². The van der Waals surface area contributed by atoms with Crippen molar-refractivity contribution < 1.29 is 84.9 Å². The first-order chi connectivity index (χ1) is 46.9. The van der Waals surface area contributed by atoms with Crippen molar-refractivity contribution in [3.63, 3.8) is 0 Å². The number of para-hydroxylation sites is 1. The third-order valence-electron chi connectivity index (χ3n) is 17.5. The molecule has 0 radical (unpaired) electrons. The zero-order valence-corrected chi connectivity index (χ0v) is 59.9. The molecule has 0 spiro atoms. The van der Waals surface area contributed by atoms with Gasteiger partial charge in [-0.05, 0) is 138 Å². The molecule has 4 aromatic carbocycles. The number of hydrogen-bond acceptors (Lipinski definition) is 18. The average molecular weight is 1420 g/mol. The van der Waals surface area contributed by atoms with Gasteiger partial charge in [-0.3, -0.25) is 61.7 Å². The number of hydrogen-bond donors (Lipinski definition) is 6. The number of aromatic nitrogens is 1. The monoisotopic (exact) mass is 1420 g/mol. The maximum Gasteiger partial charge on any atom is 0.410 e. The normalized spacial score (nSPS) is 18.2. The van der Waals surface area contributed by atoms with E-state index in [1.165, 1.54) is 87.8 Å². The van der Waals surface area contributed by atoms with Gasteiger partial charge in [0, 0.05) is 49.6 Å². The molecule has 5 aromatic rings. The number of anilines is 1. The fraction of sp³-hybridized carbons (Fsp3) is 0.472. The molecule has 1 fully saturated rings. The van der Waals surface area contributed by atoms with Crippen LogP contribution in [0.3, 0.4) is 0 Å². The zero-order chi connectivity index (χ0) is 73.4. The maximum atomic E-state index is 16.3. The third kappa shape index (κ3) is 18.9. The van der Waals surface area contributed by atoms with Gasteiger partial charge in [-0.1, -0.05) is 99.6 Å². The Kier molecular flexibility index (Phi) is 24.6. The topological polar surface area (TPSA) is 331 Å². The molecule has 1 unspecified atom stereocenters. The summed E-state index contributed by atoms with van der Waals surface area (Å²) in [7, 11) is -5.63. The largest absolute Gasteiger partial charge is 0.438 e. The highest BCUT2D eigenvalue weighted by Gasteiger charge is 2.56. The van der Waals surface area contributed by atoms with Crippen LogP contribution in [-0.4, -0.2) is 131 Å². The molecular formula is C72H89F2N8O16PS. The Morgan fingerprint density at radius 2 is 1.40 bits per heavy atom. The number of allylic oxidation sites excluding steroid dienone is 1. The van der Waals surface area contributed by atoms with Crippen LogP contribution in [0.15, 0.2) is 103 Å². The van der Waals surface area contributed by atoms with Gasteiger partial charge in [0.05, 0.1) is 57.5 Å². The van der Waals surface area contributed by atoms with Gasteiger partial charge in [-0.2, -0.15) is 8.78 Å². The van der Waals surface area contributed by atoms with Gasteiger partial charge in [-0.25, -0.2) is 4.98 Å². The summed E-state index contributed by atoms with van der Waals surface area (Å²) < 4.78 is 72.6. The number of likely N-dealkylation sites (tertiary alicyclic amines) is 1. The molecule has 538 valence electrons. The molecule has 1 aromatic heterocycles. The highest BCUT2D eigenvalue weighted by Crippen LogP contribution is 2.67. The summed E-state index contributed by atoms with van der Waals surface area (Å²) in [5, 5.41) is 22.3. The molecule has 3 aliphatic heterocycles. The lowest BCUT2D eigenvalue weighted by Gasteiger charge is -2.35. The summed E-state index contributed by atoms with van der Waals surface area (Å²) in [6.07, 6.45) is 0.00296. The molecular weight excluding hydrogens is 1330 g/mol. The number of benzene rings is 4. The molecule has 8 rings (SSSR count). The lowest BCUT2D eigenvalue weighted by Crippen LogP contribution is -2.57. The van der Waals surface area contributed by atoms with Crippen molar-refractivity contribution >= 4 is 83.5 Å². The zero-order valence-electron chi connectivity index (χ0n) is 58.2. The fourth-order valence-electron chi connectivity index (χ4n) is 11.6. The van der Waals surface area contributed by atoms with Crippen molar-refractivity contribution in [3.05, 3.63) is 147 Å². The molecule has 7 atom stereocenters. The molecule has 4 heterocycles. The lowest BCUT2D eigenvalue weighted by molar-refractivity contribution is -0.163. The Morgan fingerprint density at radius 3 is 1.98 bits per heavy atom. The Balaban J connectivity index is 0.882. The summed E-state index contributed by atoms with van der Waals surface area (Å²) >= 11 is 1.54. The molecule has 28 heteroatoms. The number of β-amino-alcohol motifs (C(OH)–C–C–N with tert-alkyl or cyclic N) is 1. The van der Waals surface area contributed by atoms with Crippen molar-refractivity contribution in [1.29, 1.82) is 0 Å². The van der Waals surface area contributed by atoms with E-state index < -0.39 is 144 Å². The predicted octanol–water partition coefficient (Wildman–Crippen LogP) is 9.06. The van der Waals surface area contributed by atoms with Crippen molar-refractivity contribution in [3.8, 4) is 10.4 Å². The SMILES string of the molecule is C/C(=C\C(=O)N[C@H]1CCc2cccc3c2N(C1=O)[C@H](C(=O)N[C@@H](CCC(N)=O)[C@@H](C)OCc1ccc(C(=O)N[C@H](C(=O)N2C[C@H](O)CC2C(=O)NCc2ccc(-c4scnc4C)cc2)C(C)(C)C)cc1)C3)c1ccc(C(F)(F)P(=O)(OCOC(=O)C(C)(C)C)OCOC(=O)C(C)(C)C)cc1. The van der Waals surface area contributed by atoms with E-state index in [9.17, 15) is 52.8 Å². The number of esters is 2. The number of nitrogens with one attached hydrogen (secondary N) is 4. The smallest absolute Gasteiger partial charge is 0.410 e. The number of nitrogens with zero attached hydrogens (tertiary/aromatic N) is 3. The third-order valence-corrected chi connectivity index (χ3v) is 20.3. The standard InChI is InChI=1S/C72H89F2N8O16PS/c1-41(46-24-27-51(28-25-46)72(73,74)99(93,97-39-95-67(91)70(7,8)9)98-40-96-68(92)71(10,11)12)32-58(85)78-54-29-26-47-14-13-15-50-33-56(82(59(47)50)65(54)89)64(88)79-53(30-31-57(75)84)43(3)94-37-45-18-22-49(23-19-45)62(86)80-61(69(4,5)6)66(90)81-36-52(83)34-55(81)63(87)76-35-44-16-20-48(21-17-44)60-42(2)77-38-100-60/h13-25,27-28,32,38,43,52-56,61,83H,26,29-31,33-37,39-40H2,1-12H3,(H2,75,84)(H,76,87)(H,78,85)(H,79,88)(H,80,86)/b41-32+/t43-,52-,53+,54+,55?,56+,61-/m1/s1. The number of carbonyl (C=O) groups excluding carboxylic acids is 9. The first-order valence-corrected chi connectivity index (χ1v) is 35.3. The number of primary amides is 1. The number of ether oxygens (including phenoxy) is 3. The van der Waals surface area contributed by atoms with Crippen LogP contribution in [0.1, 0.15) is 151 Å². The summed E-state index contributed by atoms with van der Waals surface area (Å²) in [6.45, 7) is 17.3. The lowest BCUT2D eigenvalue weighted by atomic mass is 9.85. The molecule has 0 bridgehead atoms. The van der Waals surface area contributed by atoms with E-state index in [1.54, 1.807) is 57.5 Å². The van der Waals surface area contributed by atoms with E-state index in [0.717, 1.165) is 45.0 Å². The van der Waals surface area contributed by atoms with Crippen molar-refractivity contribution in [2.75, 3.05) is 25.0 Å². The second kappa shape index (κ2) is 31.9. The number of thiazole rings is 1. The molecule has 7 amide bonds. The van der Waals surface area contributed by atoms with Crippen LogP contribution in [0.5, 0.6) is 0 Å². The fourth-order valence-corrected chi connectivity index (χ4v) is 13.6. The van der Waals surface area contributed by atoms with E-state index in [2.05, 4.69) is 26.3 Å². The Hall–Kier alpha value is -8.59. The minimum absolute atomic E-state index is 0.0144. The van der Waals surface area contributed by atoms with Crippen LogP contribution in [-0.2, 0) is 97.8 Å². The van der Waals surface area contributed by atoms with Gasteiger partial charge in [0.15, 0.2) is 0 Å². The number of carbonyl (C=O) groups is 9. The van der Waals surface area contributed by atoms with E-state index in [-0.39, 0.29) is 68.5 Å². The Bertz CT molecular complexity index is 3900. The molecule has 3 aliphatic rings. The number of aliphatic hydroxyl groups excluding tert-OH is 1. The van der Waals surface area contributed by atoms with Crippen LogP contribution in [0.2, 0.25) is 0 Å². The van der Waals surface area contributed by atoms with Gasteiger partial charge < -0.3 is 51.2 Å². The van der Waals surface area contributed by atoms with Gasteiger partial charge >= 0.3 is 25.2 Å². The highest BCUT2D eigenvalue weighted by molar-refractivity contribution is 7.54. The molecule has 100 heavy (non-hydrogen) atoms. The van der Waals surface area contributed by atoms with Gasteiger partial charge in [0.2, 0.25) is 49.0 Å². The quantitative estimate of drug-likeness (QED) is 0.0123. The first-order valence-electron chi connectivity index (χ1n) is 32.9. The van der Waals surface area contributed by atoms with Crippen LogP contribution in [0, 0.1) is 23.2 Å². The van der Waals surface area contributed by atoms with Crippen LogP contribution in [0.25, 0.3) is 16.0 Å². The number of aryl methyl sites for hydroxylation is 2. The first kappa shape index (κ1) is 77.2. The second-order valence-electron chi connectivity index (χ2n) is 28.4. The van der Waals surface area contributed by atoms with Crippen LogP contribution in [0.4, 0.5) is 14.5 Å². The van der Waals surface area contributed by atoms with Gasteiger partial charge in [-0.15, -0.1) is 11.3 Å². The molecule has 7 N–H and O–H groups in total. The number of nitrogens with two attached hydrogens (primary N) is 1. The number of aliphatic hydroxyl groups is 1. The molecule has 1 saturated heterocycles. The summed E-state index contributed by atoms with van der Waals surface area (Å²) in [5.74, 6) is -5.71. The molecule has 0 saturated carbocycles. The summed E-state index contributed by atoms with van der Waals surface area (Å²) in [6, 6.07) is 18.8. The highest BCUT2D eigenvalue weighted by atomic mass is 32.1. The van der Waals surface area contributed by atoms with E-state index in [0.29, 0.717) is 17.7 Å². The van der Waals surface area contributed by atoms with Crippen molar-refractivity contribution in [2.24, 2.45) is 22.0 Å². The van der Waals surface area contributed by atoms with Gasteiger partial charge in [0.1, 0.15) is 24.2 Å². The van der Waals surface area contributed by atoms with Crippen LogP contribution >= 0.6 is 18.9 Å². The van der Waals surface area contributed by atoms with E-state index in [4.69, 9.17) is 29.0 Å². The van der Waals surface area contributed by atoms with Crippen molar-refractivity contribution in [2.45, 2.75) is 183 Å². The summed E-state index contributed by atoms with van der Waals surface area (Å²) in [4.78, 5) is 130. The maximum absolute atomic E-state index is 16.3. The Labute approximate surface area is 584 Å². The number of amides is 7. The number of halogens is 2. The van der Waals surface area contributed by atoms with Crippen LogP contribution < -0.4 is 31.9 Å². The minimum Gasteiger partial charge on any atom is -0.438 e. The average Bonchev–Trinajstić information content (AvgIpc) is 1.57. The van der Waals surface area contributed by atoms with Gasteiger partial charge in [0.25, 0.3) is 5.91 Å². The van der Waals surface area contributed by atoms with Crippen molar-refractivity contribution in [1.82, 2.24) is 31.2 Å². The molecule has 24 nitrogen and oxygen atoms in total.